The van der Waals surface area contributed by atoms with Gasteiger partial charge in [0.05, 0.1) is 26.4 Å². The van der Waals surface area contributed by atoms with E-state index in [1.165, 1.54) is 0 Å². The van der Waals surface area contributed by atoms with E-state index in [0.29, 0.717) is 31.8 Å². The summed E-state index contributed by atoms with van der Waals surface area (Å²) in [4.78, 5) is 0. The summed E-state index contributed by atoms with van der Waals surface area (Å²) in [5.74, 6) is 0. The van der Waals surface area contributed by atoms with Crippen LogP contribution >= 0.6 is 0 Å². The van der Waals surface area contributed by atoms with E-state index >= 15 is 0 Å². The summed E-state index contributed by atoms with van der Waals surface area (Å²) >= 11 is 0. The van der Waals surface area contributed by atoms with Gasteiger partial charge in [-0.05, 0) is 39.0 Å². The second-order valence-corrected chi connectivity index (χ2v) is 6.74. The molecular weight excluding hydrogens is 254 g/mol. The lowest BCUT2D eigenvalue weighted by Crippen LogP contribution is -2.43. The smallest absolute Gasteiger partial charge is 0.0701 e. The fourth-order valence-electron chi connectivity index (χ4n) is 1.65. The van der Waals surface area contributed by atoms with Crippen molar-refractivity contribution in [3.63, 3.8) is 0 Å². The Morgan fingerprint density at radius 2 is 1.40 bits per heavy atom. The highest BCUT2D eigenvalue weighted by Gasteiger charge is 2.23. The van der Waals surface area contributed by atoms with Crippen LogP contribution in [0.2, 0.25) is 0 Å². The molecule has 0 aliphatic carbocycles. The molecule has 1 N–H and O–H groups in total. The van der Waals surface area contributed by atoms with Gasteiger partial charge in [-0.2, -0.15) is 0 Å². The molecule has 0 saturated heterocycles. The van der Waals surface area contributed by atoms with Gasteiger partial charge in [0.1, 0.15) is 0 Å². The molecule has 0 aliphatic rings. The van der Waals surface area contributed by atoms with Crippen molar-refractivity contribution in [3.8, 4) is 0 Å². The van der Waals surface area contributed by atoms with E-state index in [0.717, 1.165) is 26.0 Å². The molecule has 0 saturated carbocycles. The van der Waals surface area contributed by atoms with Gasteiger partial charge in [-0.15, -0.1) is 0 Å². The van der Waals surface area contributed by atoms with Crippen LogP contribution in [-0.4, -0.2) is 52.2 Å². The first-order valence-corrected chi connectivity index (χ1v) is 7.72. The molecule has 0 rings (SSSR count). The highest BCUT2D eigenvalue weighted by atomic mass is 16.5. The van der Waals surface area contributed by atoms with Crippen LogP contribution in [0.3, 0.4) is 0 Å². The molecule has 20 heavy (non-hydrogen) atoms. The van der Waals surface area contributed by atoms with Crippen LogP contribution < -0.4 is 5.32 Å². The summed E-state index contributed by atoms with van der Waals surface area (Å²) in [6.07, 6.45) is 2.23. The van der Waals surface area contributed by atoms with Crippen molar-refractivity contribution in [1.29, 1.82) is 0 Å². The molecule has 122 valence electrons. The summed E-state index contributed by atoms with van der Waals surface area (Å²) in [6, 6.07) is 0. The van der Waals surface area contributed by atoms with Crippen LogP contribution in [-0.2, 0) is 14.2 Å². The monoisotopic (exact) mass is 289 g/mol. The molecular formula is C16H35NO3. The maximum Gasteiger partial charge on any atom is 0.0701 e. The van der Waals surface area contributed by atoms with E-state index in [1.807, 2.05) is 0 Å². The first-order chi connectivity index (χ1) is 9.33. The summed E-state index contributed by atoms with van der Waals surface area (Å²) in [5.41, 5.74) is 0.469. The van der Waals surface area contributed by atoms with E-state index in [1.54, 1.807) is 7.11 Å². The van der Waals surface area contributed by atoms with Gasteiger partial charge in [-0.25, -0.2) is 0 Å². The number of methoxy groups -OCH3 is 1. The fourth-order valence-corrected chi connectivity index (χ4v) is 1.65. The Labute approximate surface area is 125 Å². The molecule has 0 heterocycles. The Kier molecular flexibility index (Phi) is 10.5. The minimum Gasteiger partial charge on any atom is -0.382 e. The lowest BCUT2D eigenvalue weighted by molar-refractivity contribution is 0.0168. The lowest BCUT2D eigenvalue weighted by Gasteiger charge is -2.33. The maximum absolute atomic E-state index is 5.65. The predicted octanol–water partition coefficient (Wildman–Crippen LogP) is 2.86. The first-order valence-electron chi connectivity index (χ1n) is 7.72. The van der Waals surface area contributed by atoms with E-state index in [4.69, 9.17) is 14.2 Å². The van der Waals surface area contributed by atoms with Gasteiger partial charge in [0, 0.05) is 25.8 Å². The van der Waals surface area contributed by atoms with Gasteiger partial charge in [0.15, 0.2) is 0 Å². The van der Waals surface area contributed by atoms with Crippen molar-refractivity contribution < 1.29 is 14.2 Å². The molecule has 0 aromatic carbocycles. The van der Waals surface area contributed by atoms with Crippen LogP contribution in [0.15, 0.2) is 0 Å². The average molecular weight is 289 g/mol. The molecule has 0 amide bonds. The van der Waals surface area contributed by atoms with Gasteiger partial charge < -0.3 is 19.5 Å². The third-order valence-electron chi connectivity index (χ3n) is 3.55. The van der Waals surface area contributed by atoms with Gasteiger partial charge in [0.25, 0.3) is 0 Å². The van der Waals surface area contributed by atoms with Crippen LogP contribution in [0, 0.1) is 5.41 Å². The van der Waals surface area contributed by atoms with Crippen LogP contribution in [0.25, 0.3) is 0 Å². The normalized spacial score (nSPS) is 15.3. The SMILES string of the molecule is CCC(C)(CCOCCOCCOC)CNC(C)(C)C. The van der Waals surface area contributed by atoms with Crippen molar-refractivity contribution in [2.75, 3.05) is 46.7 Å². The Morgan fingerprint density at radius 1 is 0.850 bits per heavy atom. The Bertz CT molecular complexity index is 228. The second kappa shape index (κ2) is 10.6. The summed E-state index contributed by atoms with van der Waals surface area (Å²) < 4.78 is 15.9. The van der Waals surface area contributed by atoms with Crippen molar-refractivity contribution in [3.05, 3.63) is 0 Å². The molecule has 0 fully saturated rings. The topological polar surface area (TPSA) is 39.7 Å². The Hall–Kier alpha value is -0.160. The quantitative estimate of drug-likeness (QED) is 0.561. The molecule has 0 aliphatic heterocycles. The number of hydrogen-bond acceptors (Lipinski definition) is 4. The Balaban J connectivity index is 3.67. The zero-order valence-electron chi connectivity index (χ0n) is 14.4. The van der Waals surface area contributed by atoms with Gasteiger partial charge in [-0.1, -0.05) is 13.8 Å². The summed E-state index contributed by atoms with van der Waals surface area (Å²) in [7, 11) is 1.68. The second-order valence-electron chi connectivity index (χ2n) is 6.74. The first kappa shape index (κ1) is 19.8. The summed E-state index contributed by atoms with van der Waals surface area (Å²) in [5, 5.41) is 3.59. The average Bonchev–Trinajstić information content (AvgIpc) is 2.39. The molecule has 0 spiro atoms. The van der Waals surface area contributed by atoms with E-state index in [9.17, 15) is 0 Å². The van der Waals surface area contributed by atoms with Crippen molar-refractivity contribution in [2.24, 2.45) is 5.41 Å². The Morgan fingerprint density at radius 3 is 1.90 bits per heavy atom. The van der Waals surface area contributed by atoms with Gasteiger partial charge in [-0.3, -0.25) is 0 Å². The molecule has 1 atom stereocenters. The number of ether oxygens (including phenoxy) is 3. The van der Waals surface area contributed by atoms with E-state index in [2.05, 4.69) is 39.9 Å². The third-order valence-corrected chi connectivity index (χ3v) is 3.55. The minimum atomic E-state index is 0.173. The largest absolute Gasteiger partial charge is 0.382 e. The van der Waals surface area contributed by atoms with Crippen LogP contribution in [0.5, 0.6) is 0 Å². The van der Waals surface area contributed by atoms with Gasteiger partial charge >= 0.3 is 0 Å². The number of nitrogens with one attached hydrogen (secondary N) is 1. The van der Waals surface area contributed by atoms with E-state index in [-0.39, 0.29) is 5.54 Å². The fraction of sp³-hybridized carbons (Fsp3) is 1.00. The highest BCUT2D eigenvalue weighted by molar-refractivity contribution is 4.80. The molecule has 4 nitrogen and oxygen atoms in total. The number of rotatable bonds is 12. The predicted molar refractivity (Wildman–Crippen MR) is 84.3 cm³/mol. The minimum absolute atomic E-state index is 0.173. The van der Waals surface area contributed by atoms with Crippen molar-refractivity contribution in [2.45, 2.75) is 53.0 Å². The van der Waals surface area contributed by atoms with Crippen LogP contribution in [0.4, 0.5) is 0 Å². The lowest BCUT2D eigenvalue weighted by atomic mass is 9.83. The highest BCUT2D eigenvalue weighted by Crippen LogP contribution is 2.25. The van der Waals surface area contributed by atoms with Crippen molar-refractivity contribution in [1.82, 2.24) is 5.32 Å². The van der Waals surface area contributed by atoms with Gasteiger partial charge in [0.2, 0.25) is 0 Å². The van der Waals surface area contributed by atoms with E-state index < -0.39 is 0 Å². The molecule has 0 aromatic heterocycles. The molecule has 0 bridgehead atoms. The molecule has 4 heteroatoms. The zero-order valence-corrected chi connectivity index (χ0v) is 14.4. The standard InChI is InChI=1S/C16H35NO3/c1-7-16(5,14-17-15(2,3)4)8-9-19-12-13-20-11-10-18-6/h17H,7-14H2,1-6H3. The third kappa shape index (κ3) is 11.6. The molecule has 0 radical (unpaired) electrons. The zero-order chi connectivity index (χ0) is 15.5. The summed E-state index contributed by atoms with van der Waals surface area (Å²) in [6.45, 7) is 15.6. The maximum atomic E-state index is 5.65. The molecule has 1 unspecified atom stereocenters. The molecule has 0 aromatic rings. The number of hydrogen-bond donors (Lipinski definition) is 1. The van der Waals surface area contributed by atoms with Crippen LogP contribution in [0.1, 0.15) is 47.5 Å². The van der Waals surface area contributed by atoms with Crippen molar-refractivity contribution >= 4 is 0 Å².